The van der Waals surface area contributed by atoms with Crippen LogP contribution in [0.2, 0.25) is 0 Å². The fraction of sp³-hybridized carbons (Fsp3) is 0.455. The van der Waals surface area contributed by atoms with Crippen molar-refractivity contribution in [3.63, 3.8) is 0 Å². The minimum Gasteiger partial charge on any atom is -0.324 e. The maximum Gasteiger partial charge on any atom is 0.446 e. The van der Waals surface area contributed by atoms with Crippen LogP contribution in [0.4, 0.5) is 26.3 Å². The molecular weight excluding hydrogens is 292 g/mol. The Kier molecular flexibility index (Phi) is 5.14. The fourth-order valence-electron chi connectivity index (χ4n) is 1.40. The summed E-state index contributed by atoms with van der Waals surface area (Å²) in [6.07, 6.45) is -5.60. The SMILES string of the molecule is N[C@@H](CCC(F)(F)F)c1ccc(SC(F)(F)F)cc1. The van der Waals surface area contributed by atoms with Crippen molar-refractivity contribution in [2.24, 2.45) is 5.73 Å². The molecule has 1 rings (SSSR count). The molecule has 0 radical (unpaired) electrons. The number of nitrogens with two attached hydrogens (primary N) is 1. The van der Waals surface area contributed by atoms with Gasteiger partial charge in [-0.05, 0) is 35.9 Å². The zero-order valence-corrected chi connectivity index (χ0v) is 10.4. The normalized spacial score (nSPS) is 14.5. The summed E-state index contributed by atoms with van der Waals surface area (Å²) in [5.41, 5.74) is 1.55. The molecule has 0 saturated carbocycles. The molecule has 0 aliphatic rings. The Labute approximate surface area is 110 Å². The summed E-state index contributed by atoms with van der Waals surface area (Å²) < 4.78 is 72.2. The third kappa shape index (κ3) is 6.72. The summed E-state index contributed by atoms with van der Waals surface area (Å²) in [6, 6.07) is 4.18. The van der Waals surface area contributed by atoms with Crippen LogP contribution in [0.25, 0.3) is 0 Å². The lowest BCUT2D eigenvalue weighted by molar-refractivity contribution is -0.136. The molecule has 0 bridgehead atoms. The zero-order valence-electron chi connectivity index (χ0n) is 9.55. The molecule has 0 unspecified atom stereocenters. The smallest absolute Gasteiger partial charge is 0.324 e. The quantitative estimate of drug-likeness (QED) is 0.647. The molecule has 0 aromatic heterocycles. The summed E-state index contributed by atoms with van der Waals surface area (Å²) in [4.78, 5) is -0.0285. The lowest BCUT2D eigenvalue weighted by Crippen LogP contribution is -2.15. The van der Waals surface area contributed by atoms with Gasteiger partial charge >= 0.3 is 11.7 Å². The number of halogens is 6. The second-order valence-electron chi connectivity index (χ2n) is 3.88. The molecule has 0 spiro atoms. The van der Waals surface area contributed by atoms with Gasteiger partial charge in [-0.15, -0.1) is 0 Å². The molecule has 1 atom stereocenters. The van der Waals surface area contributed by atoms with Crippen LogP contribution in [-0.4, -0.2) is 11.7 Å². The molecule has 1 nitrogen and oxygen atoms in total. The Bertz CT molecular complexity index is 397. The van der Waals surface area contributed by atoms with Crippen LogP contribution in [0.5, 0.6) is 0 Å². The van der Waals surface area contributed by atoms with E-state index in [2.05, 4.69) is 0 Å². The zero-order chi connectivity index (χ0) is 14.7. The van der Waals surface area contributed by atoms with E-state index in [0.29, 0.717) is 5.56 Å². The third-order valence-electron chi connectivity index (χ3n) is 2.28. The predicted molar refractivity (Wildman–Crippen MR) is 60.6 cm³/mol. The maximum atomic E-state index is 12.1. The fourth-order valence-corrected chi connectivity index (χ4v) is 1.94. The van der Waals surface area contributed by atoms with Crippen molar-refractivity contribution in [2.75, 3.05) is 0 Å². The van der Waals surface area contributed by atoms with Gasteiger partial charge in [0.1, 0.15) is 0 Å². The molecule has 2 N–H and O–H groups in total. The standard InChI is InChI=1S/C11H11F6NS/c12-10(13,14)6-5-9(18)7-1-3-8(4-2-7)19-11(15,16)17/h1-4,9H,5-6,18H2/t9-/m0/s1. The number of rotatable bonds is 4. The van der Waals surface area contributed by atoms with E-state index in [-0.39, 0.29) is 23.1 Å². The third-order valence-corrected chi connectivity index (χ3v) is 3.02. The number of alkyl halides is 6. The van der Waals surface area contributed by atoms with Crippen LogP contribution < -0.4 is 5.73 Å². The Morgan fingerprint density at radius 2 is 1.53 bits per heavy atom. The first-order valence-electron chi connectivity index (χ1n) is 5.25. The van der Waals surface area contributed by atoms with Gasteiger partial charge in [0.25, 0.3) is 0 Å². The van der Waals surface area contributed by atoms with Crippen molar-refractivity contribution in [1.82, 2.24) is 0 Å². The monoisotopic (exact) mass is 303 g/mol. The summed E-state index contributed by atoms with van der Waals surface area (Å²) >= 11 is -0.282. The van der Waals surface area contributed by atoms with Crippen molar-refractivity contribution in [3.05, 3.63) is 29.8 Å². The van der Waals surface area contributed by atoms with Crippen molar-refractivity contribution in [1.29, 1.82) is 0 Å². The Morgan fingerprint density at radius 1 is 1.00 bits per heavy atom. The summed E-state index contributed by atoms with van der Waals surface area (Å²) in [5, 5.41) is 0. The van der Waals surface area contributed by atoms with Crippen LogP contribution in [-0.2, 0) is 0 Å². The van der Waals surface area contributed by atoms with Gasteiger partial charge in [0.05, 0.1) is 0 Å². The first-order valence-corrected chi connectivity index (χ1v) is 6.06. The van der Waals surface area contributed by atoms with Gasteiger partial charge in [0.15, 0.2) is 0 Å². The Balaban J connectivity index is 2.60. The topological polar surface area (TPSA) is 26.0 Å². The molecule has 1 aromatic carbocycles. The first-order chi connectivity index (χ1) is 8.57. The largest absolute Gasteiger partial charge is 0.446 e. The van der Waals surface area contributed by atoms with Gasteiger partial charge in [-0.3, -0.25) is 0 Å². The molecular formula is C11H11F6NS. The lowest BCUT2D eigenvalue weighted by Gasteiger charge is -2.14. The molecule has 0 amide bonds. The average molecular weight is 303 g/mol. The summed E-state index contributed by atoms with van der Waals surface area (Å²) in [6.45, 7) is 0. The number of hydrogen-bond acceptors (Lipinski definition) is 2. The van der Waals surface area contributed by atoms with E-state index in [1.165, 1.54) is 24.3 Å². The molecule has 8 heteroatoms. The lowest BCUT2D eigenvalue weighted by atomic mass is 10.0. The highest BCUT2D eigenvalue weighted by Gasteiger charge is 2.29. The van der Waals surface area contributed by atoms with Crippen molar-refractivity contribution < 1.29 is 26.3 Å². The van der Waals surface area contributed by atoms with Crippen molar-refractivity contribution >= 4 is 11.8 Å². The average Bonchev–Trinajstić information content (AvgIpc) is 2.23. The highest BCUT2D eigenvalue weighted by atomic mass is 32.2. The maximum absolute atomic E-state index is 12.1. The van der Waals surface area contributed by atoms with Crippen LogP contribution >= 0.6 is 11.8 Å². The van der Waals surface area contributed by atoms with Crippen LogP contribution in [0.1, 0.15) is 24.4 Å². The molecule has 1 aromatic rings. The highest BCUT2D eigenvalue weighted by molar-refractivity contribution is 8.00. The van der Waals surface area contributed by atoms with Gasteiger partial charge in [-0.25, -0.2) is 0 Å². The minimum absolute atomic E-state index is 0.0285. The van der Waals surface area contributed by atoms with E-state index in [4.69, 9.17) is 5.73 Å². The predicted octanol–water partition coefficient (Wildman–Crippen LogP) is 4.64. The van der Waals surface area contributed by atoms with Crippen molar-refractivity contribution in [3.8, 4) is 0 Å². The Morgan fingerprint density at radius 3 is 1.95 bits per heavy atom. The summed E-state index contributed by atoms with van der Waals surface area (Å²) in [7, 11) is 0. The molecule has 0 aliphatic carbocycles. The highest BCUT2D eigenvalue weighted by Crippen LogP contribution is 2.37. The van der Waals surface area contributed by atoms with E-state index in [1.54, 1.807) is 0 Å². The molecule has 19 heavy (non-hydrogen) atoms. The first kappa shape index (κ1) is 16.2. The van der Waals surface area contributed by atoms with Gasteiger partial charge in [-0.2, -0.15) is 26.3 Å². The molecule has 0 aliphatic heterocycles. The van der Waals surface area contributed by atoms with Crippen LogP contribution in [0, 0.1) is 0 Å². The molecule has 108 valence electrons. The van der Waals surface area contributed by atoms with E-state index >= 15 is 0 Å². The second kappa shape index (κ2) is 6.04. The number of benzene rings is 1. The Hall–Kier alpha value is -0.890. The van der Waals surface area contributed by atoms with Gasteiger partial charge in [-0.1, -0.05) is 12.1 Å². The van der Waals surface area contributed by atoms with Crippen LogP contribution in [0.15, 0.2) is 29.2 Å². The summed E-state index contributed by atoms with van der Waals surface area (Å²) in [5.74, 6) is 0. The second-order valence-corrected chi connectivity index (χ2v) is 5.02. The van der Waals surface area contributed by atoms with Crippen molar-refractivity contribution in [2.45, 2.75) is 35.5 Å². The van der Waals surface area contributed by atoms with Gasteiger partial charge in [0, 0.05) is 17.4 Å². The molecule has 0 heterocycles. The number of thioether (sulfide) groups is 1. The minimum atomic E-state index is -4.39. The van der Waals surface area contributed by atoms with Crippen LogP contribution in [0.3, 0.4) is 0 Å². The van der Waals surface area contributed by atoms with E-state index in [9.17, 15) is 26.3 Å². The van der Waals surface area contributed by atoms with Gasteiger partial charge < -0.3 is 5.73 Å². The van der Waals surface area contributed by atoms with E-state index in [0.717, 1.165) is 0 Å². The van der Waals surface area contributed by atoms with E-state index in [1.807, 2.05) is 0 Å². The number of hydrogen-bond donors (Lipinski definition) is 1. The molecule has 0 fully saturated rings. The molecule has 0 saturated heterocycles. The van der Waals surface area contributed by atoms with E-state index < -0.39 is 24.1 Å². The van der Waals surface area contributed by atoms with Gasteiger partial charge in [0.2, 0.25) is 0 Å².